The fourth-order valence-corrected chi connectivity index (χ4v) is 1.94. The van der Waals surface area contributed by atoms with Crippen LogP contribution >= 0.6 is 15.9 Å². The van der Waals surface area contributed by atoms with Gasteiger partial charge in [-0.2, -0.15) is 0 Å². The van der Waals surface area contributed by atoms with Gasteiger partial charge in [-0.05, 0) is 25.1 Å². The summed E-state index contributed by atoms with van der Waals surface area (Å²) in [6, 6.07) is 7.01. The molecule has 100 valence electrons. The molecule has 0 bridgehead atoms. The lowest BCUT2D eigenvalue weighted by molar-refractivity contribution is 0.0514. The lowest BCUT2D eigenvalue weighted by Crippen LogP contribution is -2.04. The van der Waals surface area contributed by atoms with Crippen LogP contribution in [0.5, 0.6) is 5.75 Å². The average molecular weight is 326 g/mol. The molecule has 0 fully saturated rings. The van der Waals surface area contributed by atoms with Gasteiger partial charge in [0.2, 0.25) is 0 Å². The zero-order valence-corrected chi connectivity index (χ0v) is 12.1. The molecule has 0 saturated carbocycles. The minimum atomic E-state index is -0.508. The predicted molar refractivity (Wildman–Crippen MR) is 72.1 cm³/mol. The van der Waals surface area contributed by atoms with E-state index in [2.05, 4.69) is 21.1 Å². The van der Waals surface area contributed by atoms with Gasteiger partial charge in [0.05, 0.1) is 19.3 Å². The van der Waals surface area contributed by atoms with Gasteiger partial charge in [0.15, 0.2) is 11.5 Å². The molecule has 0 aliphatic carbocycles. The number of rotatable bonds is 4. The number of aromatic nitrogens is 1. The van der Waals surface area contributed by atoms with E-state index in [-0.39, 0.29) is 5.69 Å². The number of hydrogen-bond acceptors (Lipinski definition) is 5. The summed E-state index contributed by atoms with van der Waals surface area (Å²) in [6.45, 7) is 2.03. The number of ether oxygens (including phenoxy) is 2. The molecule has 0 aliphatic rings. The van der Waals surface area contributed by atoms with Gasteiger partial charge < -0.3 is 14.0 Å². The maximum absolute atomic E-state index is 11.5. The van der Waals surface area contributed by atoms with Crippen molar-refractivity contribution in [3.8, 4) is 17.1 Å². The number of nitrogens with zero attached hydrogens (tertiary/aromatic N) is 1. The van der Waals surface area contributed by atoms with Gasteiger partial charge >= 0.3 is 5.97 Å². The summed E-state index contributed by atoms with van der Waals surface area (Å²) in [5.74, 6) is 0.572. The fourth-order valence-electron chi connectivity index (χ4n) is 1.58. The Bertz CT molecular complexity index is 594. The quantitative estimate of drug-likeness (QED) is 0.807. The second-order valence-electron chi connectivity index (χ2n) is 3.64. The minimum absolute atomic E-state index is 0.138. The van der Waals surface area contributed by atoms with Crippen LogP contribution in [0.2, 0.25) is 0 Å². The highest BCUT2D eigenvalue weighted by atomic mass is 79.9. The Morgan fingerprint density at radius 2 is 2.21 bits per heavy atom. The molecule has 0 aliphatic heterocycles. The summed E-state index contributed by atoms with van der Waals surface area (Å²) in [7, 11) is 1.56. The zero-order valence-electron chi connectivity index (χ0n) is 10.5. The molecule has 1 heterocycles. The highest BCUT2D eigenvalue weighted by Crippen LogP contribution is 2.33. The second-order valence-corrected chi connectivity index (χ2v) is 4.56. The van der Waals surface area contributed by atoms with E-state index in [1.54, 1.807) is 20.1 Å². The SMILES string of the molecule is CCOC(=O)c1cc(-c2cc(Br)ccc2OC)on1. The molecule has 1 aromatic heterocycles. The number of hydrogen-bond donors (Lipinski definition) is 0. The number of esters is 1. The Hall–Kier alpha value is -1.82. The van der Waals surface area contributed by atoms with Gasteiger partial charge in [-0.3, -0.25) is 0 Å². The summed E-state index contributed by atoms with van der Waals surface area (Å²) in [4.78, 5) is 11.5. The Balaban J connectivity index is 2.37. The van der Waals surface area contributed by atoms with E-state index >= 15 is 0 Å². The molecular formula is C13H12BrNO4. The topological polar surface area (TPSA) is 61.6 Å². The van der Waals surface area contributed by atoms with Crippen molar-refractivity contribution in [1.82, 2.24) is 5.16 Å². The molecule has 0 radical (unpaired) electrons. The predicted octanol–water partition coefficient (Wildman–Crippen LogP) is 3.29. The summed E-state index contributed by atoms with van der Waals surface area (Å²) in [5, 5.41) is 3.70. The van der Waals surface area contributed by atoms with Crippen molar-refractivity contribution in [2.75, 3.05) is 13.7 Å². The van der Waals surface area contributed by atoms with Crippen molar-refractivity contribution in [2.45, 2.75) is 6.92 Å². The molecule has 0 saturated heterocycles. The van der Waals surface area contributed by atoms with Gasteiger partial charge in [0.1, 0.15) is 5.75 Å². The Morgan fingerprint density at radius 3 is 2.89 bits per heavy atom. The number of carbonyl (C=O) groups is 1. The molecule has 5 nitrogen and oxygen atoms in total. The molecule has 0 unspecified atom stereocenters. The lowest BCUT2D eigenvalue weighted by atomic mass is 10.1. The molecule has 0 spiro atoms. The summed E-state index contributed by atoms with van der Waals surface area (Å²) < 4.78 is 16.1. The van der Waals surface area contributed by atoms with Crippen LogP contribution < -0.4 is 4.74 Å². The smallest absolute Gasteiger partial charge is 0.360 e. The van der Waals surface area contributed by atoms with Crippen LogP contribution in [-0.2, 0) is 4.74 Å². The molecule has 2 aromatic rings. The maximum atomic E-state index is 11.5. The van der Waals surface area contributed by atoms with E-state index in [0.29, 0.717) is 23.7 Å². The zero-order chi connectivity index (χ0) is 13.8. The normalized spacial score (nSPS) is 10.3. The third-order valence-electron chi connectivity index (χ3n) is 2.42. The van der Waals surface area contributed by atoms with Gasteiger partial charge in [-0.25, -0.2) is 4.79 Å². The van der Waals surface area contributed by atoms with Gasteiger partial charge in [0.25, 0.3) is 0 Å². The van der Waals surface area contributed by atoms with Crippen LogP contribution in [0.3, 0.4) is 0 Å². The molecule has 6 heteroatoms. The molecular weight excluding hydrogens is 314 g/mol. The van der Waals surface area contributed by atoms with E-state index in [9.17, 15) is 4.79 Å². The summed E-state index contributed by atoms with van der Waals surface area (Å²) in [6.07, 6.45) is 0. The first-order valence-corrected chi connectivity index (χ1v) is 6.42. The van der Waals surface area contributed by atoms with E-state index in [0.717, 1.165) is 4.47 Å². The minimum Gasteiger partial charge on any atom is -0.496 e. The van der Waals surface area contributed by atoms with Crippen molar-refractivity contribution < 1.29 is 18.8 Å². The van der Waals surface area contributed by atoms with Crippen molar-refractivity contribution in [3.05, 3.63) is 34.4 Å². The van der Waals surface area contributed by atoms with Crippen molar-refractivity contribution in [3.63, 3.8) is 0 Å². The van der Waals surface area contributed by atoms with Crippen LogP contribution in [0, 0.1) is 0 Å². The first-order chi connectivity index (χ1) is 9.15. The van der Waals surface area contributed by atoms with Crippen LogP contribution in [-0.4, -0.2) is 24.8 Å². The van der Waals surface area contributed by atoms with E-state index in [1.807, 2.05) is 12.1 Å². The van der Waals surface area contributed by atoms with Gasteiger partial charge in [-0.1, -0.05) is 21.1 Å². The second kappa shape index (κ2) is 5.88. The summed E-state index contributed by atoms with van der Waals surface area (Å²) in [5.41, 5.74) is 0.846. The average Bonchev–Trinajstić information content (AvgIpc) is 2.88. The number of methoxy groups -OCH3 is 1. The highest BCUT2D eigenvalue weighted by molar-refractivity contribution is 9.10. The number of halogens is 1. The molecule has 19 heavy (non-hydrogen) atoms. The third kappa shape index (κ3) is 2.96. The first-order valence-electron chi connectivity index (χ1n) is 5.63. The molecule has 0 amide bonds. The van der Waals surface area contributed by atoms with E-state index in [1.165, 1.54) is 6.07 Å². The van der Waals surface area contributed by atoms with Crippen molar-refractivity contribution >= 4 is 21.9 Å². The highest BCUT2D eigenvalue weighted by Gasteiger charge is 2.17. The molecule has 0 atom stereocenters. The third-order valence-corrected chi connectivity index (χ3v) is 2.91. The van der Waals surface area contributed by atoms with E-state index < -0.39 is 5.97 Å². The van der Waals surface area contributed by atoms with Gasteiger partial charge in [-0.15, -0.1) is 0 Å². The van der Waals surface area contributed by atoms with Crippen LogP contribution in [0.4, 0.5) is 0 Å². The maximum Gasteiger partial charge on any atom is 0.360 e. The van der Waals surface area contributed by atoms with E-state index in [4.69, 9.17) is 14.0 Å². The van der Waals surface area contributed by atoms with Crippen LogP contribution in [0.15, 0.2) is 33.3 Å². The molecule has 0 N–H and O–H groups in total. The first kappa shape index (κ1) is 13.6. The Morgan fingerprint density at radius 1 is 1.42 bits per heavy atom. The number of benzene rings is 1. The number of carbonyl (C=O) groups excluding carboxylic acids is 1. The van der Waals surface area contributed by atoms with Crippen LogP contribution in [0.1, 0.15) is 17.4 Å². The standard InChI is InChI=1S/C13H12BrNO4/c1-3-18-13(16)10-7-12(19-15-10)9-6-8(14)4-5-11(9)17-2/h4-7H,3H2,1-2H3. The van der Waals surface area contributed by atoms with Crippen molar-refractivity contribution in [1.29, 1.82) is 0 Å². The Kier molecular flexibility index (Phi) is 4.21. The van der Waals surface area contributed by atoms with Crippen molar-refractivity contribution in [2.24, 2.45) is 0 Å². The van der Waals surface area contributed by atoms with Gasteiger partial charge in [0, 0.05) is 10.5 Å². The largest absolute Gasteiger partial charge is 0.496 e. The van der Waals surface area contributed by atoms with Crippen LogP contribution in [0.25, 0.3) is 11.3 Å². The monoisotopic (exact) mass is 325 g/mol. The Labute approximate surface area is 118 Å². The summed E-state index contributed by atoms with van der Waals surface area (Å²) >= 11 is 3.37. The molecule has 1 aromatic carbocycles. The molecule has 2 rings (SSSR count). The lowest BCUT2D eigenvalue weighted by Gasteiger charge is -2.05. The fraction of sp³-hybridized carbons (Fsp3) is 0.231.